The normalized spacial score (nSPS) is 13.9. The van der Waals surface area contributed by atoms with Gasteiger partial charge in [-0.25, -0.2) is 0 Å². The third kappa shape index (κ3) is 5.01. The van der Waals surface area contributed by atoms with Crippen molar-refractivity contribution in [2.45, 2.75) is 45.1 Å². The lowest BCUT2D eigenvalue weighted by molar-refractivity contribution is 0.483. The van der Waals surface area contributed by atoms with E-state index in [4.69, 9.17) is 5.26 Å². The first-order valence-electron chi connectivity index (χ1n) is 6.43. The molecule has 1 aromatic rings. The van der Waals surface area contributed by atoms with Gasteiger partial charge in [0, 0.05) is 6.04 Å². The molecule has 17 heavy (non-hydrogen) atoms. The Bertz CT molecular complexity index is 340. The third-order valence-corrected chi connectivity index (χ3v) is 3.21. The van der Waals surface area contributed by atoms with Gasteiger partial charge in [0.15, 0.2) is 0 Å². The molecular formula is C15H22N2. The lowest BCUT2D eigenvalue weighted by atomic mass is 9.98. The third-order valence-electron chi connectivity index (χ3n) is 3.21. The second-order valence-corrected chi connectivity index (χ2v) is 4.52. The quantitative estimate of drug-likeness (QED) is 0.778. The van der Waals surface area contributed by atoms with Gasteiger partial charge in [0.2, 0.25) is 0 Å². The zero-order valence-corrected chi connectivity index (χ0v) is 10.8. The summed E-state index contributed by atoms with van der Waals surface area (Å²) in [7, 11) is 0. The van der Waals surface area contributed by atoms with Crippen LogP contribution in [0.3, 0.4) is 0 Å². The van der Waals surface area contributed by atoms with Crippen molar-refractivity contribution in [2.24, 2.45) is 0 Å². The fourth-order valence-corrected chi connectivity index (χ4v) is 1.92. The van der Waals surface area contributed by atoms with E-state index in [1.807, 2.05) is 0 Å². The van der Waals surface area contributed by atoms with Gasteiger partial charge in [-0.2, -0.15) is 5.26 Å². The van der Waals surface area contributed by atoms with Crippen LogP contribution in [-0.2, 0) is 0 Å². The zero-order valence-electron chi connectivity index (χ0n) is 10.8. The van der Waals surface area contributed by atoms with E-state index in [0.29, 0.717) is 18.4 Å². The molecule has 92 valence electrons. The predicted octanol–water partition coefficient (Wildman–Crippen LogP) is 3.46. The molecule has 0 heterocycles. The maximum atomic E-state index is 8.66. The van der Waals surface area contributed by atoms with Crippen LogP contribution in [0.4, 0.5) is 0 Å². The second kappa shape index (κ2) is 7.86. The number of nitrogens with one attached hydrogen (secondary N) is 1. The van der Waals surface area contributed by atoms with E-state index in [1.54, 1.807) is 0 Å². The summed E-state index contributed by atoms with van der Waals surface area (Å²) in [6.07, 6.45) is 2.75. The smallest absolute Gasteiger partial charge is 0.0638 e. The molecule has 2 atom stereocenters. The standard InChI is InChI=1S/C15H22N2/c1-3-15(9-11-16)17-12-10-13(2)14-7-5-4-6-8-14/h4-8,13,15,17H,3,9-10,12H2,1-2H3/t13-,15-/m1/s1. The maximum Gasteiger partial charge on any atom is 0.0638 e. The fraction of sp³-hybridized carbons (Fsp3) is 0.533. The molecular weight excluding hydrogens is 208 g/mol. The highest BCUT2D eigenvalue weighted by Crippen LogP contribution is 2.17. The predicted molar refractivity (Wildman–Crippen MR) is 71.8 cm³/mol. The average molecular weight is 230 g/mol. The summed E-state index contributed by atoms with van der Waals surface area (Å²) >= 11 is 0. The fourth-order valence-electron chi connectivity index (χ4n) is 1.92. The first-order valence-corrected chi connectivity index (χ1v) is 6.43. The van der Waals surface area contributed by atoms with Gasteiger partial charge in [-0.05, 0) is 30.9 Å². The highest BCUT2D eigenvalue weighted by Gasteiger charge is 2.07. The largest absolute Gasteiger partial charge is 0.313 e. The highest BCUT2D eigenvalue weighted by atomic mass is 14.9. The molecule has 0 aliphatic carbocycles. The van der Waals surface area contributed by atoms with Crippen LogP contribution in [-0.4, -0.2) is 12.6 Å². The van der Waals surface area contributed by atoms with Crippen LogP contribution in [0.5, 0.6) is 0 Å². The molecule has 0 aliphatic heterocycles. The van der Waals surface area contributed by atoms with Crippen molar-refractivity contribution < 1.29 is 0 Å². The number of nitrogens with zero attached hydrogens (tertiary/aromatic N) is 1. The Morgan fingerprint density at radius 3 is 2.59 bits per heavy atom. The topological polar surface area (TPSA) is 35.8 Å². The SMILES string of the molecule is CC[C@H](CC#N)NCC[C@@H](C)c1ccccc1. The summed E-state index contributed by atoms with van der Waals surface area (Å²) in [6.45, 7) is 5.36. The minimum absolute atomic E-state index is 0.350. The number of hydrogen-bond acceptors (Lipinski definition) is 2. The zero-order chi connectivity index (χ0) is 12.5. The monoisotopic (exact) mass is 230 g/mol. The summed E-state index contributed by atoms with van der Waals surface area (Å²) in [5.74, 6) is 0.572. The van der Waals surface area contributed by atoms with Crippen LogP contribution in [0.1, 0.15) is 44.6 Å². The van der Waals surface area contributed by atoms with Crippen LogP contribution < -0.4 is 5.32 Å². The van der Waals surface area contributed by atoms with Gasteiger partial charge in [0.25, 0.3) is 0 Å². The van der Waals surface area contributed by atoms with Gasteiger partial charge in [-0.15, -0.1) is 0 Å². The van der Waals surface area contributed by atoms with Crippen molar-refractivity contribution in [1.29, 1.82) is 5.26 Å². The van der Waals surface area contributed by atoms with Crippen LogP contribution in [0, 0.1) is 11.3 Å². The van der Waals surface area contributed by atoms with Crippen molar-refractivity contribution in [3.8, 4) is 6.07 Å². The number of hydrogen-bond donors (Lipinski definition) is 1. The van der Waals surface area contributed by atoms with Crippen molar-refractivity contribution in [3.05, 3.63) is 35.9 Å². The molecule has 0 saturated heterocycles. The highest BCUT2D eigenvalue weighted by molar-refractivity contribution is 5.18. The summed E-state index contributed by atoms with van der Waals surface area (Å²) in [5, 5.41) is 12.1. The van der Waals surface area contributed by atoms with Gasteiger partial charge < -0.3 is 5.32 Å². The van der Waals surface area contributed by atoms with Crippen LogP contribution in [0.2, 0.25) is 0 Å². The molecule has 0 radical (unpaired) electrons. The summed E-state index contributed by atoms with van der Waals surface area (Å²) in [5.41, 5.74) is 1.39. The Balaban J connectivity index is 2.29. The van der Waals surface area contributed by atoms with Gasteiger partial charge in [-0.3, -0.25) is 0 Å². The molecule has 0 fully saturated rings. The summed E-state index contributed by atoms with van der Waals surface area (Å²) in [4.78, 5) is 0. The first kappa shape index (κ1) is 13.7. The molecule has 1 aromatic carbocycles. The molecule has 1 N–H and O–H groups in total. The maximum absolute atomic E-state index is 8.66. The second-order valence-electron chi connectivity index (χ2n) is 4.52. The Kier molecular flexibility index (Phi) is 6.35. The molecule has 0 amide bonds. The molecule has 0 aromatic heterocycles. The van der Waals surface area contributed by atoms with Crippen molar-refractivity contribution in [1.82, 2.24) is 5.32 Å². The number of nitriles is 1. The minimum atomic E-state index is 0.350. The van der Waals surface area contributed by atoms with Gasteiger partial charge in [-0.1, -0.05) is 44.2 Å². The molecule has 0 spiro atoms. The van der Waals surface area contributed by atoms with E-state index in [0.717, 1.165) is 19.4 Å². The van der Waals surface area contributed by atoms with Gasteiger partial charge in [0.05, 0.1) is 12.5 Å². The Morgan fingerprint density at radius 2 is 2.00 bits per heavy atom. The van der Waals surface area contributed by atoms with Gasteiger partial charge in [0.1, 0.15) is 0 Å². The molecule has 0 bridgehead atoms. The lowest BCUT2D eigenvalue weighted by Crippen LogP contribution is -2.29. The molecule has 0 saturated carbocycles. The first-order chi connectivity index (χ1) is 8.27. The Hall–Kier alpha value is -1.33. The van der Waals surface area contributed by atoms with Crippen molar-refractivity contribution >= 4 is 0 Å². The lowest BCUT2D eigenvalue weighted by Gasteiger charge is -2.16. The van der Waals surface area contributed by atoms with E-state index in [9.17, 15) is 0 Å². The van der Waals surface area contributed by atoms with E-state index >= 15 is 0 Å². The Morgan fingerprint density at radius 1 is 1.29 bits per heavy atom. The molecule has 0 aliphatic rings. The van der Waals surface area contributed by atoms with E-state index < -0.39 is 0 Å². The Labute approximate surface area is 105 Å². The van der Waals surface area contributed by atoms with Crippen LogP contribution >= 0.6 is 0 Å². The van der Waals surface area contributed by atoms with E-state index in [2.05, 4.69) is 55.6 Å². The van der Waals surface area contributed by atoms with Crippen LogP contribution in [0.15, 0.2) is 30.3 Å². The van der Waals surface area contributed by atoms with Crippen LogP contribution in [0.25, 0.3) is 0 Å². The average Bonchev–Trinajstić information content (AvgIpc) is 2.38. The minimum Gasteiger partial charge on any atom is -0.313 e. The molecule has 2 nitrogen and oxygen atoms in total. The summed E-state index contributed by atoms with van der Waals surface area (Å²) in [6, 6.07) is 13.2. The van der Waals surface area contributed by atoms with E-state index in [-0.39, 0.29) is 0 Å². The molecule has 2 heteroatoms. The van der Waals surface area contributed by atoms with Gasteiger partial charge >= 0.3 is 0 Å². The van der Waals surface area contributed by atoms with Crippen molar-refractivity contribution in [2.75, 3.05) is 6.54 Å². The van der Waals surface area contributed by atoms with E-state index in [1.165, 1.54) is 5.56 Å². The number of rotatable bonds is 7. The number of benzene rings is 1. The molecule has 0 unspecified atom stereocenters. The molecule has 1 rings (SSSR count). The summed E-state index contributed by atoms with van der Waals surface area (Å²) < 4.78 is 0. The van der Waals surface area contributed by atoms with Crippen molar-refractivity contribution in [3.63, 3.8) is 0 Å².